The molecule has 0 atom stereocenters. The highest BCUT2D eigenvalue weighted by molar-refractivity contribution is 5.74. The molecule has 19 heavy (non-hydrogen) atoms. The number of ether oxygens (including phenoxy) is 1. The molecule has 0 aliphatic carbocycles. The smallest absolute Gasteiger partial charge is 0.323 e. The first-order valence-corrected chi connectivity index (χ1v) is 5.87. The fourth-order valence-electron chi connectivity index (χ4n) is 1.67. The van der Waals surface area contributed by atoms with Crippen LogP contribution in [0.5, 0.6) is 5.75 Å². The molecule has 0 aliphatic rings. The van der Waals surface area contributed by atoms with Crippen LogP contribution in [0.2, 0.25) is 0 Å². The highest BCUT2D eigenvalue weighted by atomic mass is 16.6. The van der Waals surface area contributed by atoms with Crippen LogP contribution in [0.25, 0.3) is 0 Å². The predicted molar refractivity (Wildman–Crippen MR) is 69.8 cm³/mol. The summed E-state index contributed by atoms with van der Waals surface area (Å²) >= 11 is 0. The minimum absolute atomic E-state index is 0.128. The van der Waals surface area contributed by atoms with E-state index in [2.05, 4.69) is 0 Å². The van der Waals surface area contributed by atoms with Crippen molar-refractivity contribution in [2.24, 2.45) is 0 Å². The Morgan fingerprint density at radius 2 is 2.16 bits per heavy atom. The van der Waals surface area contributed by atoms with Crippen LogP contribution in [-0.4, -0.2) is 35.7 Å². The maximum atomic E-state index is 10.8. The summed E-state index contributed by atoms with van der Waals surface area (Å²) in [5.74, 6) is -0.813. The van der Waals surface area contributed by atoms with Gasteiger partial charge in [-0.2, -0.15) is 0 Å². The van der Waals surface area contributed by atoms with Gasteiger partial charge >= 0.3 is 11.7 Å². The zero-order valence-electron chi connectivity index (χ0n) is 10.8. The summed E-state index contributed by atoms with van der Waals surface area (Å²) < 4.78 is 5.22. The molecule has 1 aromatic rings. The Hall–Kier alpha value is -2.31. The molecule has 1 N–H and O–H groups in total. The number of nitro groups is 1. The van der Waals surface area contributed by atoms with Crippen molar-refractivity contribution < 1.29 is 19.6 Å². The molecule has 7 heteroatoms. The van der Waals surface area contributed by atoms with Gasteiger partial charge in [0, 0.05) is 24.4 Å². The zero-order chi connectivity index (χ0) is 14.4. The summed E-state index contributed by atoms with van der Waals surface area (Å²) in [5, 5.41) is 19.7. The SMILES string of the molecule is CCOc1cc(N(CC)CC(=O)O)ccc1[N+](=O)[O-]. The third kappa shape index (κ3) is 3.84. The van der Waals surface area contributed by atoms with Crippen LogP contribution in [0.1, 0.15) is 13.8 Å². The van der Waals surface area contributed by atoms with E-state index in [-0.39, 0.29) is 18.0 Å². The van der Waals surface area contributed by atoms with Crippen LogP contribution in [0.3, 0.4) is 0 Å². The quantitative estimate of drug-likeness (QED) is 0.599. The normalized spacial score (nSPS) is 10.0. The standard InChI is InChI=1S/C12H16N2O5/c1-3-13(8-12(15)16)9-5-6-10(14(17)18)11(7-9)19-4-2/h5-7H,3-4,8H2,1-2H3,(H,15,16). The number of hydrogen-bond acceptors (Lipinski definition) is 5. The summed E-state index contributed by atoms with van der Waals surface area (Å²) in [5.41, 5.74) is 0.455. The predicted octanol–water partition coefficient (Wildman–Crippen LogP) is 1.90. The van der Waals surface area contributed by atoms with Crippen molar-refractivity contribution in [2.75, 3.05) is 24.6 Å². The minimum Gasteiger partial charge on any atom is -0.487 e. The molecule has 1 rings (SSSR count). The van der Waals surface area contributed by atoms with Gasteiger partial charge in [0.1, 0.15) is 6.54 Å². The van der Waals surface area contributed by atoms with Gasteiger partial charge in [0.05, 0.1) is 11.5 Å². The number of carbonyl (C=O) groups is 1. The number of benzene rings is 1. The van der Waals surface area contributed by atoms with Gasteiger partial charge in [-0.05, 0) is 19.9 Å². The number of likely N-dealkylation sites (N-methyl/N-ethyl adjacent to an activating group) is 1. The van der Waals surface area contributed by atoms with Gasteiger partial charge < -0.3 is 14.7 Å². The van der Waals surface area contributed by atoms with Crippen LogP contribution in [0.15, 0.2) is 18.2 Å². The first-order valence-electron chi connectivity index (χ1n) is 5.87. The summed E-state index contributed by atoms with van der Waals surface area (Å²) in [7, 11) is 0. The molecule has 0 unspecified atom stereocenters. The fraction of sp³-hybridized carbons (Fsp3) is 0.417. The van der Waals surface area contributed by atoms with E-state index in [1.807, 2.05) is 6.92 Å². The second kappa shape index (κ2) is 6.58. The fourth-order valence-corrected chi connectivity index (χ4v) is 1.67. The Bertz CT molecular complexity index is 475. The number of carboxylic acids is 1. The van der Waals surface area contributed by atoms with E-state index in [0.717, 1.165) is 0 Å². The molecule has 0 amide bonds. The van der Waals surface area contributed by atoms with Gasteiger partial charge in [0.25, 0.3) is 0 Å². The van der Waals surface area contributed by atoms with Crippen LogP contribution < -0.4 is 9.64 Å². The lowest BCUT2D eigenvalue weighted by atomic mass is 10.2. The Labute approximate surface area is 110 Å². The zero-order valence-corrected chi connectivity index (χ0v) is 10.8. The molecule has 0 saturated heterocycles. The van der Waals surface area contributed by atoms with Gasteiger partial charge in [0.15, 0.2) is 5.75 Å². The lowest BCUT2D eigenvalue weighted by Gasteiger charge is -2.21. The van der Waals surface area contributed by atoms with E-state index in [1.165, 1.54) is 18.2 Å². The van der Waals surface area contributed by atoms with Crippen molar-refractivity contribution in [1.29, 1.82) is 0 Å². The van der Waals surface area contributed by atoms with Crippen LogP contribution in [0, 0.1) is 10.1 Å². The van der Waals surface area contributed by atoms with E-state index in [0.29, 0.717) is 18.8 Å². The van der Waals surface area contributed by atoms with E-state index < -0.39 is 10.9 Å². The molecule has 0 aliphatic heterocycles. The molecule has 0 bridgehead atoms. The van der Waals surface area contributed by atoms with Gasteiger partial charge in [-0.1, -0.05) is 0 Å². The third-order valence-corrected chi connectivity index (χ3v) is 2.51. The molecular formula is C12H16N2O5. The second-order valence-corrected chi connectivity index (χ2v) is 3.75. The van der Waals surface area contributed by atoms with Crippen molar-refractivity contribution in [3.63, 3.8) is 0 Å². The monoisotopic (exact) mass is 268 g/mol. The summed E-state index contributed by atoms with van der Waals surface area (Å²) in [6.07, 6.45) is 0. The van der Waals surface area contributed by atoms with E-state index in [4.69, 9.17) is 9.84 Å². The average molecular weight is 268 g/mol. The largest absolute Gasteiger partial charge is 0.487 e. The Balaban J connectivity index is 3.12. The summed E-state index contributed by atoms with van der Waals surface area (Å²) in [6.45, 7) is 4.15. The number of anilines is 1. The number of nitrogens with zero attached hydrogens (tertiary/aromatic N) is 2. The van der Waals surface area contributed by atoms with Gasteiger partial charge in [0.2, 0.25) is 0 Å². The number of hydrogen-bond donors (Lipinski definition) is 1. The number of nitro benzene ring substituents is 1. The van der Waals surface area contributed by atoms with Crippen molar-refractivity contribution >= 4 is 17.3 Å². The van der Waals surface area contributed by atoms with Crippen molar-refractivity contribution in [2.45, 2.75) is 13.8 Å². The maximum absolute atomic E-state index is 10.8. The molecule has 7 nitrogen and oxygen atoms in total. The average Bonchev–Trinajstić information content (AvgIpc) is 2.35. The topological polar surface area (TPSA) is 92.9 Å². The van der Waals surface area contributed by atoms with Gasteiger partial charge in [-0.3, -0.25) is 14.9 Å². The number of aliphatic carboxylic acids is 1. The first kappa shape index (κ1) is 14.7. The Kier molecular flexibility index (Phi) is 5.11. The molecule has 0 saturated carbocycles. The molecule has 1 aromatic carbocycles. The van der Waals surface area contributed by atoms with Crippen LogP contribution >= 0.6 is 0 Å². The maximum Gasteiger partial charge on any atom is 0.323 e. The van der Waals surface area contributed by atoms with Crippen LogP contribution in [-0.2, 0) is 4.79 Å². The molecule has 0 heterocycles. The first-order chi connectivity index (χ1) is 8.99. The van der Waals surface area contributed by atoms with E-state index >= 15 is 0 Å². The van der Waals surface area contributed by atoms with Gasteiger partial charge in [-0.25, -0.2) is 0 Å². The molecule has 0 fully saturated rings. The van der Waals surface area contributed by atoms with Crippen molar-refractivity contribution in [3.05, 3.63) is 28.3 Å². The summed E-state index contributed by atoms with van der Waals surface area (Å²) in [6, 6.07) is 4.34. The highest BCUT2D eigenvalue weighted by Crippen LogP contribution is 2.31. The molecule has 104 valence electrons. The van der Waals surface area contributed by atoms with Crippen molar-refractivity contribution in [1.82, 2.24) is 0 Å². The third-order valence-electron chi connectivity index (χ3n) is 2.51. The molecule has 0 aromatic heterocycles. The molecule has 0 spiro atoms. The lowest BCUT2D eigenvalue weighted by molar-refractivity contribution is -0.385. The number of rotatable bonds is 7. The van der Waals surface area contributed by atoms with E-state index in [9.17, 15) is 14.9 Å². The lowest BCUT2D eigenvalue weighted by Crippen LogP contribution is -2.29. The molecular weight excluding hydrogens is 252 g/mol. The Morgan fingerprint density at radius 3 is 2.63 bits per heavy atom. The second-order valence-electron chi connectivity index (χ2n) is 3.75. The number of carboxylic acid groups (broad SMARTS) is 1. The Morgan fingerprint density at radius 1 is 1.47 bits per heavy atom. The van der Waals surface area contributed by atoms with E-state index in [1.54, 1.807) is 11.8 Å². The molecule has 0 radical (unpaired) electrons. The van der Waals surface area contributed by atoms with Crippen molar-refractivity contribution in [3.8, 4) is 5.75 Å². The summed E-state index contributed by atoms with van der Waals surface area (Å²) in [4.78, 5) is 22.7. The highest BCUT2D eigenvalue weighted by Gasteiger charge is 2.18. The minimum atomic E-state index is -0.960. The van der Waals surface area contributed by atoms with Gasteiger partial charge in [-0.15, -0.1) is 0 Å². The van der Waals surface area contributed by atoms with Crippen LogP contribution in [0.4, 0.5) is 11.4 Å².